The van der Waals surface area contributed by atoms with Crippen LogP contribution < -0.4 is 10.2 Å². The molecular weight excluding hydrogens is 348 g/mol. The second-order valence-corrected chi connectivity index (χ2v) is 6.91. The van der Waals surface area contributed by atoms with E-state index < -0.39 is 11.8 Å². The predicted octanol–water partition coefficient (Wildman–Crippen LogP) is 4.98. The highest BCUT2D eigenvalue weighted by Gasteiger charge is 2.24. The van der Waals surface area contributed by atoms with Crippen LogP contribution in [0.15, 0.2) is 84.9 Å². The third-order valence-electron chi connectivity index (χ3n) is 4.52. The third kappa shape index (κ3) is 4.65. The number of amides is 2. The maximum absolute atomic E-state index is 13.0. The first-order valence-corrected chi connectivity index (χ1v) is 9.37. The lowest BCUT2D eigenvalue weighted by Crippen LogP contribution is -2.39. The second kappa shape index (κ2) is 9.00. The lowest BCUT2D eigenvalue weighted by atomic mass is 10.0. The summed E-state index contributed by atoms with van der Waals surface area (Å²) in [4.78, 5) is 27.3. The molecule has 142 valence electrons. The summed E-state index contributed by atoms with van der Waals surface area (Å²) in [5.74, 6) is -0.998. The van der Waals surface area contributed by atoms with Crippen LogP contribution in [0.25, 0.3) is 0 Å². The maximum atomic E-state index is 13.0. The molecule has 2 amide bonds. The van der Waals surface area contributed by atoms with Gasteiger partial charge in [-0.1, -0.05) is 80.6 Å². The van der Waals surface area contributed by atoms with E-state index in [1.807, 2.05) is 84.9 Å². The van der Waals surface area contributed by atoms with Crippen LogP contribution in [0.5, 0.6) is 0 Å². The Kier molecular flexibility index (Phi) is 6.22. The highest BCUT2D eigenvalue weighted by molar-refractivity contribution is 6.44. The number of nitrogens with zero attached hydrogens (tertiary/aromatic N) is 1. The molecule has 0 atom stereocenters. The first-order chi connectivity index (χ1) is 13.6. The molecular formula is C24H24N2O2. The Morgan fingerprint density at radius 3 is 2.04 bits per heavy atom. The monoisotopic (exact) mass is 372 g/mol. The lowest BCUT2D eigenvalue weighted by molar-refractivity contribution is -0.134. The first kappa shape index (κ1) is 19.4. The normalized spacial score (nSPS) is 10.5. The van der Waals surface area contributed by atoms with Gasteiger partial charge in [0, 0.05) is 11.4 Å². The standard InChI is InChI=1S/C24H24N2O2/c1-18(2)21-15-9-10-16-22(21)25-23(27)24(28)26(20-13-7-4-8-14-20)17-19-11-5-3-6-12-19/h3-16,18H,17H2,1-2H3,(H,25,27). The summed E-state index contributed by atoms with van der Waals surface area (Å²) < 4.78 is 0. The zero-order chi connectivity index (χ0) is 19.9. The van der Waals surface area contributed by atoms with Crippen molar-refractivity contribution in [3.8, 4) is 0 Å². The van der Waals surface area contributed by atoms with E-state index in [-0.39, 0.29) is 5.92 Å². The Labute approximate surface area is 165 Å². The Morgan fingerprint density at radius 1 is 0.821 bits per heavy atom. The van der Waals surface area contributed by atoms with Crippen molar-refractivity contribution in [2.45, 2.75) is 26.3 Å². The van der Waals surface area contributed by atoms with E-state index in [1.165, 1.54) is 4.90 Å². The molecule has 0 unspecified atom stereocenters. The Morgan fingerprint density at radius 2 is 1.39 bits per heavy atom. The van der Waals surface area contributed by atoms with Gasteiger partial charge in [-0.05, 0) is 35.2 Å². The van der Waals surface area contributed by atoms with Gasteiger partial charge in [-0.2, -0.15) is 0 Å². The number of nitrogens with one attached hydrogen (secondary N) is 1. The number of benzene rings is 3. The quantitative estimate of drug-likeness (QED) is 0.642. The molecule has 0 aliphatic rings. The van der Waals surface area contributed by atoms with Gasteiger partial charge in [0.2, 0.25) is 0 Å². The first-order valence-electron chi connectivity index (χ1n) is 9.37. The van der Waals surface area contributed by atoms with E-state index >= 15 is 0 Å². The minimum atomic E-state index is -0.645. The summed E-state index contributed by atoms with van der Waals surface area (Å²) >= 11 is 0. The van der Waals surface area contributed by atoms with Crippen molar-refractivity contribution in [2.75, 3.05) is 10.2 Å². The molecule has 0 aliphatic heterocycles. The van der Waals surface area contributed by atoms with Gasteiger partial charge in [-0.25, -0.2) is 0 Å². The topological polar surface area (TPSA) is 49.4 Å². The SMILES string of the molecule is CC(C)c1ccccc1NC(=O)C(=O)N(Cc1ccccc1)c1ccccc1. The molecule has 1 N–H and O–H groups in total. The van der Waals surface area contributed by atoms with Crippen molar-refractivity contribution >= 4 is 23.2 Å². The Bertz CT molecular complexity index is 937. The fraction of sp³-hybridized carbons (Fsp3) is 0.167. The van der Waals surface area contributed by atoms with E-state index in [4.69, 9.17) is 0 Å². The van der Waals surface area contributed by atoms with Crippen LogP contribution in [0, 0.1) is 0 Å². The summed E-state index contributed by atoms with van der Waals surface area (Å²) in [6, 6.07) is 26.5. The van der Waals surface area contributed by atoms with Crippen LogP contribution in [0.4, 0.5) is 11.4 Å². The van der Waals surface area contributed by atoms with Crippen LogP contribution in [-0.2, 0) is 16.1 Å². The molecule has 0 heterocycles. The fourth-order valence-corrected chi connectivity index (χ4v) is 3.07. The molecule has 0 saturated heterocycles. The molecule has 3 aromatic carbocycles. The van der Waals surface area contributed by atoms with Crippen LogP contribution in [-0.4, -0.2) is 11.8 Å². The highest BCUT2D eigenvalue weighted by Crippen LogP contribution is 2.24. The number of hydrogen-bond donors (Lipinski definition) is 1. The molecule has 3 aromatic rings. The van der Waals surface area contributed by atoms with E-state index in [0.717, 1.165) is 11.1 Å². The van der Waals surface area contributed by atoms with Crippen molar-refractivity contribution in [1.29, 1.82) is 0 Å². The second-order valence-electron chi connectivity index (χ2n) is 6.91. The minimum absolute atomic E-state index is 0.237. The van der Waals surface area contributed by atoms with Crippen molar-refractivity contribution in [3.63, 3.8) is 0 Å². The summed E-state index contributed by atoms with van der Waals surface area (Å²) in [7, 11) is 0. The molecule has 0 bridgehead atoms. The van der Waals surface area contributed by atoms with Gasteiger partial charge in [0.05, 0.1) is 6.54 Å². The number of anilines is 2. The average Bonchev–Trinajstić information content (AvgIpc) is 2.73. The molecule has 0 aromatic heterocycles. The summed E-state index contributed by atoms with van der Waals surface area (Å²) in [5, 5.41) is 2.80. The van der Waals surface area contributed by atoms with Crippen molar-refractivity contribution < 1.29 is 9.59 Å². The van der Waals surface area contributed by atoms with Crippen molar-refractivity contribution in [3.05, 3.63) is 96.1 Å². The third-order valence-corrected chi connectivity index (χ3v) is 4.52. The smallest absolute Gasteiger partial charge is 0.316 e. The van der Waals surface area contributed by atoms with Crippen molar-refractivity contribution in [2.24, 2.45) is 0 Å². The molecule has 28 heavy (non-hydrogen) atoms. The largest absolute Gasteiger partial charge is 0.318 e. The predicted molar refractivity (Wildman–Crippen MR) is 113 cm³/mol. The molecule has 0 radical (unpaired) electrons. The minimum Gasteiger partial charge on any atom is -0.318 e. The molecule has 0 aliphatic carbocycles. The summed E-state index contributed by atoms with van der Waals surface area (Å²) in [6.45, 7) is 4.43. The summed E-state index contributed by atoms with van der Waals surface area (Å²) in [6.07, 6.45) is 0. The van der Waals surface area contributed by atoms with Gasteiger partial charge in [-0.3, -0.25) is 14.5 Å². The van der Waals surface area contributed by atoms with Crippen LogP contribution in [0.2, 0.25) is 0 Å². The lowest BCUT2D eigenvalue weighted by Gasteiger charge is -2.23. The Balaban J connectivity index is 1.86. The van der Waals surface area contributed by atoms with E-state index in [1.54, 1.807) is 0 Å². The molecule has 0 fully saturated rings. The average molecular weight is 372 g/mol. The van der Waals surface area contributed by atoms with E-state index in [9.17, 15) is 9.59 Å². The van der Waals surface area contributed by atoms with E-state index in [0.29, 0.717) is 17.9 Å². The zero-order valence-electron chi connectivity index (χ0n) is 16.1. The van der Waals surface area contributed by atoms with Gasteiger partial charge in [0.1, 0.15) is 0 Å². The Hall–Kier alpha value is -3.40. The van der Waals surface area contributed by atoms with Crippen molar-refractivity contribution in [1.82, 2.24) is 0 Å². The number of carbonyl (C=O) groups excluding carboxylic acids is 2. The number of rotatable bonds is 5. The van der Waals surface area contributed by atoms with Gasteiger partial charge < -0.3 is 5.32 Å². The van der Waals surface area contributed by atoms with Crippen LogP contribution >= 0.6 is 0 Å². The number of carbonyl (C=O) groups is 2. The highest BCUT2D eigenvalue weighted by atomic mass is 16.2. The van der Waals surface area contributed by atoms with Gasteiger partial charge >= 0.3 is 11.8 Å². The van der Waals surface area contributed by atoms with Gasteiger partial charge in [0.25, 0.3) is 0 Å². The molecule has 3 rings (SSSR count). The van der Waals surface area contributed by atoms with Crippen LogP contribution in [0.1, 0.15) is 30.9 Å². The molecule has 0 saturated carbocycles. The zero-order valence-corrected chi connectivity index (χ0v) is 16.1. The van der Waals surface area contributed by atoms with Crippen LogP contribution in [0.3, 0.4) is 0 Å². The number of para-hydroxylation sites is 2. The number of hydrogen-bond acceptors (Lipinski definition) is 2. The fourth-order valence-electron chi connectivity index (χ4n) is 3.07. The van der Waals surface area contributed by atoms with Gasteiger partial charge in [0.15, 0.2) is 0 Å². The van der Waals surface area contributed by atoms with Gasteiger partial charge in [-0.15, -0.1) is 0 Å². The van der Waals surface area contributed by atoms with E-state index in [2.05, 4.69) is 19.2 Å². The molecule has 4 heteroatoms. The summed E-state index contributed by atoms with van der Waals surface area (Å²) in [5.41, 5.74) is 3.31. The molecule has 4 nitrogen and oxygen atoms in total. The molecule has 0 spiro atoms. The maximum Gasteiger partial charge on any atom is 0.316 e.